The number of aliphatic hydroxyl groups is 1. The van der Waals surface area contributed by atoms with E-state index in [4.69, 9.17) is 0 Å². The molecule has 0 aliphatic rings. The van der Waals surface area contributed by atoms with Gasteiger partial charge in [0, 0.05) is 12.0 Å². The highest BCUT2D eigenvalue weighted by molar-refractivity contribution is 5.25. The Kier molecular flexibility index (Phi) is 4.22. The van der Waals surface area contributed by atoms with Gasteiger partial charge in [-0.15, -0.1) is 0 Å². The third-order valence-corrected chi connectivity index (χ3v) is 2.97. The molecule has 0 aromatic heterocycles. The lowest BCUT2D eigenvalue weighted by atomic mass is 9.92. The van der Waals surface area contributed by atoms with E-state index in [-0.39, 0.29) is 24.8 Å². The van der Waals surface area contributed by atoms with E-state index in [2.05, 4.69) is 0 Å². The standard InChI is InChI=1S/C15H13F3O/c16-13-3-1-11(2-4-13)12(9-19)5-10-6-14(17)8-15(18)7-10/h1-4,6-8,12,19H,5,9H2. The SMILES string of the molecule is OCC(Cc1cc(F)cc(F)c1)c1ccc(F)cc1. The Morgan fingerprint density at radius 3 is 1.95 bits per heavy atom. The minimum Gasteiger partial charge on any atom is -0.396 e. The van der Waals surface area contributed by atoms with Crippen LogP contribution in [0.4, 0.5) is 13.2 Å². The molecule has 1 atom stereocenters. The summed E-state index contributed by atoms with van der Waals surface area (Å²) in [4.78, 5) is 0. The quantitative estimate of drug-likeness (QED) is 0.899. The molecule has 0 amide bonds. The monoisotopic (exact) mass is 266 g/mol. The zero-order chi connectivity index (χ0) is 13.8. The summed E-state index contributed by atoms with van der Waals surface area (Å²) >= 11 is 0. The number of hydrogen-bond donors (Lipinski definition) is 1. The van der Waals surface area contributed by atoms with Crippen molar-refractivity contribution in [2.45, 2.75) is 12.3 Å². The summed E-state index contributed by atoms with van der Waals surface area (Å²) < 4.78 is 39.0. The van der Waals surface area contributed by atoms with Crippen LogP contribution in [0.2, 0.25) is 0 Å². The molecule has 1 nitrogen and oxygen atoms in total. The van der Waals surface area contributed by atoms with Crippen LogP contribution in [0.15, 0.2) is 42.5 Å². The summed E-state index contributed by atoms with van der Waals surface area (Å²) in [5, 5.41) is 9.37. The average Bonchev–Trinajstić information content (AvgIpc) is 2.36. The highest BCUT2D eigenvalue weighted by Gasteiger charge is 2.13. The molecular weight excluding hydrogens is 253 g/mol. The molecule has 1 N–H and O–H groups in total. The van der Waals surface area contributed by atoms with Crippen molar-refractivity contribution in [1.82, 2.24) is 0 Å². The minimum atomic E-state index is -0.647. The highest BCUT2D eigenvalue weighted by atomic mass is 19.1. The molecule has 0 bridgehead atoms. The van der Waals surface area contributed by atoms with Crippen molar-refractivity contribution in [2.24, 2.45) is 0 Å². The van der Waals surface area contributed by atoms with Crippen molar-refractivity contribution < 1.29 is 18.3 Å². The van der Waals surface area contributed by atoms with E-state index < -0.39 is 11.6 Å². The van der Waals surface area contributed by atoms with Gasteiger partial charge < -0.3 is 5.11 Å². The van der Waals surface area contributed by atoms with Gasteiger partial charge in [0.15, 0.2) is 0 Å². The predicted octanol–water partition coefficient (Wildman–Crippen LogP) is 3.42. The molecule has 0 aliphatic carbocycles. The molecule has 0 fully saturated rings. The first-order valence-electron chi connectivity index (χ1n) is 5.90. The molecule has 0 radical (unpaired) electrons. The maximum atomic E-state index is 13.1. The molecule has 4 heteroatoms. The lowest BCUT2D eigenvalue weighted by Gasteiger charge is -2.15. The first-order valence-corrected chi connectivity index (χ1v) is 5.90. The van der Waals surface area contributed by atoms with E-state index in [1.807, 2.05) is 0 Å². The third kappa shape index (κ3) is 3.58. The molecule has 0 aliphatic heterocycles. The molecule has 0 heterocycles. The summed E-state index contributed by atoms with van der Waals surface area (Å²) in [5.74, 6) is -1.98. The molecule has 19 heavy (non-hydrogen) atoms. The fourth-order valence-corrected chi connectivity index (χ4v) is 2.04. The Balaban J connectivity index is 2.21. The molecule has 0 saturated heterocycles. The molecule has 0 spiro atoms. The summed E-state index contributed by atoms with van der Waals surface area (Å²) in [6.45, 7) is -0.177. The van der Waals surface area contributed by atoms with Crippen LogP contribution >= 0.6 is 0 Å². The molecule has 2 aromatic rings. The zero-order valence-corrected chi connectivity index (χ0v) is 10.1. The van der Waals surface area contributed by atoms with Crippen molar-refractivity contribution in [1.29, 1.82) is 0 Å². The van der Waals surface area contributed by atoms with Gasteiger partial charge in [0.25, 0.3) is 0 Å². The number of aliphatic hydroxyl groups excluding tert-OH is 1. The van der Waals surface area contributed by atoms with Gasteiger partial charge in [0.2, 0.25) is 0 Å². The van der Waals surface area contributed by atoms with Gasteiger partial charge in [-0.2, -0.15) is 0 Å². The molecule has 1 unspecified atom stereocenters. The summed E-state index contributed by atoms with van der Waals surface area (Å²) in [6, 6.07) is 8.98. The van der Waals surface area contributed by atoms with Crippen LogP contribution in [-0.2, 0) is 6.42 Å². The van der Waals surface area contributed by atoms with Gasteiger partial charge in [-0.25, -0.2) is 13.2 Å². The van der Waals surface area contributed by atoms with Crippen molar-refractivity contribution in [3.05, 3.63) is 71.0 Å². The van der Waals surface area contributed by atoms with E-state index in [9.17, 15) is 18.3 Å². The maximum absolute atomic E-state index is 13.1. The number of benzene rings is 2. The van der Waals surface area contributed by atoms with E-state index in [1.54, 1.807) is 12.1 Å². The van der Waals surface area contributed by atoms with Crippen LogP contribution in [0.1, 0.15) is 17.0 Å². The Morgan fingerprint density at radius 1 is 0.842 bits per heavy atom. The van der Waals surface area contributed by atoms with Crippen molar-refractivity contribution in [3.63, 3.8) is 0 Å². The van der Waals surface area contributed by atoms with Crippen LogP contribution < -0.4 is 0 Å². The highest BCUT2D eigenvalue weighted by Crippen LogP contribution is 2.22. The fourth-order valence-electron chi connectivity index (χ4n) is 2.04. The zero-order valence-electron chi connectivity index (χ0n) is 10.1. The first-order chi connectivity index (χ1) is 9.08. The lowest BCUT2D eigenvalue weighted by Crippen LogP contribution is -2.08. The predicted molar refractivity (Wildman–Crippen MR) is 66.3 cm³/mol. The number of halogens is 3. The largest absolute Gasteiger partial charge is 0.396 e. The van der Waals surface area contributed by atoms with Crippen LogP contribution in [0, 0.1) is 17.5 Å². The van der Waals surface area contributed by atoms with E-state index >= 15 is 0 Å². The van der Waals surface area contributed by atoms with E-state index in [0.717, 1.165) is 11.6 Å². The van der Waals surface area contributed by atoms with Gasteiger partial charge in [0.05, 0.1) is 6.61 Å². The van der Waals surface area contributed by atoms with Gasteiger partial charge >= 0.3 is 0 Å². The van der Waals surface area contributed by atoms with Crippen molar-refractivity contribution >= 4 is 0 Å². The van der Waals surface area contributed by atoms with Crippen LogP contribution in [0.5, 0.6) is 0 Å². The van der Waals surface area contributed by atoms with Crippen LogP contribution in [0.3, 0.4) is 0 Å². The summed E-state index contributed by atoms with van der Waals surface area (Å²) in [7, 11) is 0. The second-order valence-corrected chi connectivity index (χ2v) is 4.41. The summed E-state index contributed by atoms with van der Waals surface area (Å²) in [6.07, 6.45) is 0.289. The maximum Gasteiger partial charge on any atom is 0.126 e. The second kappa shape index (κ2) is 5.89. The molecule has 2 aromatic carbocycles. The Bertz CT molecular complexity index is 532. The van der Waals surface area contributed by atoms with Crippen LogP contribution in [-0.4, -0.2) is 11.7 Å². The average molecular weight is 266 g/mol. The first kappa shape index (κ1) is 13.6. The normalized spacial score (nSPS) is 12.4. The fraction of sp³-hybridized carbons (Fsp3) is 0.200. The van der Waals surface area contributed by atoms with Crippen LogP contribution in [0.25, 0.3) is 0 Å². The van der Waals surface area contributed by atoms with Gasteiger partial charge in [-0.05, 0) is 41.8 Å². The molecule has 0 saturated carbocycles. The lowest BCUT2D eigenvalue weighted by molar-refractivity contribution is 0.264. The second-order valence-electron chi connectivity index (χ2n) is 4.41. The topological polar surface area (TPSA) is 20.2 Å². The molecule has 100 valence electrons. The summed E-state index contributed by atoms with van der Waals surface area (Å²) in [5.41, 5.74) is 1.19. The molecule has 2 rings (SSSR count). The smallest absolute Gasteiger partial charge is 0.126 e. The van der Waals surface area contributed by atoms with Crippen molar-refractivity contribution in [3.8, 4) is 0 Å². The minimum absolute atomic E-state index is 0.177. The number of rotatable bonds is 4. The Morgan fingerprint density at radius 2 is 1.42 bits per heavy atom. The van der Waals surface area contributed by atoms with Gasteiger partial charge in [-0.3, -0.25) is 0 Å². The molecular formula is C15H13F3O. The van der Waals surface area contributed by atoms with E-state index in [0.29, 0.717) is 5.56 Å². The van der Waals surface area contributed by atoms with E-state index in [1.165, 1.54) is 24.3 Å². The number of hydrogen-bond acceptors (Lipinski definition) is 1. The Hall–Kier alpha value is -1.81. The van der Waals surface area contributed by atoms with Gasteiger partial charge in [-0.1, -0.05) is 12.1 Å². The van der Waals surface area contributed by atoms with Gasteiger partial charge in [0.1, 0.15) is 17.5 Å². The Labute approximate surface area is 109 Å². The third-order valence-electron chi connectivity index (χ3n) is 2.97. The van der Waals surface area contributed by atoms with Crippen molar-refractivity contribution in [2.75, 3.05) is 6.61 Å².